The summed E-state index contributed by atoms with van der Waals surface area (Å²) in [4.78, 5) is 11.7. The number of hydrogen-bond donors (Lipinski definition) is 3. The van der Waals surface area contributed by atoms with E-state index in [1.807, 2.05) is 20.8 Å². The Labute approximate surface area is 129 Å². The Morgan fingerprint density at radius 2 is 1.81 bits per heavy atom. The fourth-order valence-corrected chi connectivity index (χ4v) is 1.72. The SMILES string of the molecule is CCC(C)(CO)CNC(CNC(=O)OC(C)(C)C)C(C)C. The van der Waals surface area contributed by atoms with Crippen LogP contribution in [0.2, 0.25) is 0 Å². The summed E-state index contributed by atoms with van der Waals surface area (Å²) in [5.41, 5.74) is -0.610. The first kappa shape index (κ1) is 20.2. The largest absolute Gasteiger partial charge is 0.444 e. The fraction of sp³-hybridized carbons (Fsp3) is 0.938. The third kappa shape index (κ3) is 8.94. The number of rotatable bonds is 8. The van der Waals surface area contributed by atoms with Gasteiger partial charge in [-0.25, -0.2) is 4.79 Å². The van der Waals surface area contributed by atoms with Gasteiger partial charge in [0.15, 0.2) is 0 Å². The molecule has 0 aromatic carbocycles. The van der Waals surface area contributed by atoms with Gasteiger partial charge in [-0.15, -0.1) is 0 Å². The molecular formula is C16H34N2O3. The van der Waals surface area contributed by atoms with Crippen molar-refractivity contribution in [3.63, 3.8) is 0 Å². The lowest BCUT2D eigenvalue weighted by molar-refractivity contribution is 0.0516. The number of carbonyl (C=O) groups is 1. The van der Waals surface area contributed by atoms with Crippen molar-refractivity contribution in [2.24, 2.45) is 11.3 Å². The summed E-state index contributed by atoms with van der Waals surface area (Å²) in [6.45, 7) is 15.3. The van der Waals surface area contributed by atoms with Gasteiger partial charge < -0.3 is 20.5 Å². The van der Waals surface area contributed by atoms with Crippen LogP contribution < -0.4 is 10.6 Å². The van der Waals surface area contributed by atoms with Crippen molar-refractivity contribution >= 4 is 6.09 Å². The number of nitrogens with one attached hydrogen (secondary N) is 2. The van der Waals surface area contributed by atoms with Crippen LogP contribution >= 0.6 is 0 Å². The molecule has 0 aliphatic carbocycles. The Hall–Kier alpha value is -0.810. The second-order valence-electron chi connectivity index (χ2n) is 7.44. The van der Waals surface area contributed by atoms with Crippen LogP contribution in [0.25, 0.3) is 0 Å². The highest BCUT2D eigenvalue weighted by atomic mass is 16.6. The topological polar surface area (TPSA) is 70.6 Å². The predicted octanol–water partition coefficient (Wildman–Crippen LogP) is 2.53. The molecule has 1 amide bonds. The van der Waals surface area contributed by atoms with Crippen LogP contribution in [0.4, 0.5) is 4.79 Å². The summed E-state index contributed by atoms with van der Waals surface area (Å²) in [5, 5.41) is 15.7. The van der Waals surface area contributed by atoms with E-state index in [0.29, 0.717) is 12.5 Å². The molecule has 0 aromatic rings. The number of amides is 1. The van der Waals surface area contributed by atoms with Gasteiger partial charge in [0.2, 0.25) is 0 Å². The second-order valence-corrected chi connectivity index (χ2v) is 7.44. The van der Waals surface area contributed by atoms with Crippen LogP contribution in [0.5, 0.6) is 0 Å². The van der Waals surface area contributed by atoms with Crippen molar-refractivity contribution in [3.05, 3.63) is 0 Å². The third-order valence-corrected chi connectivity index (χ3v) is 3.70. The van der Waals surface area contributed by atoms with E-state index in [-0.39, 0.29) is 18.1 Å². The molecule has 0 heterocycles. The van der Waals surface area contributed by atoms with E-state index in [1.54, 1.807) is 0 Å². The first-order valence-corrected chi connectivity index (χ1v) is 7.84. The number of ether oxygens (including phenoxy) is 1. The molecule has 0 spiro atoms. The van der Waals surface area contributed by atoms with E-state index < -0.39 is 11.7 Å². The van der Waals surface area contributed by atoms with Gasteiger partial charge >= 0.3 is 6.09 Å². The Bertz CT molecular complexity index is 307. The lowest BCUT2D eigenvalue weighted by Crippen LogP contribution is -2.48. The van der Waals surface area contributed by atoms with Gasteiger partial charge in [0.1, 0.15) is 5.60 Å². The summed E-state index contributed by atoms with van der Waals surface area (Å²) in [6.07, 6.45) is 0.510. The predicted molar refractivity (Wildman–Crippen MR) is 86.3 cm³/mol. The van der Waals surface area contributed by atoms with Crippen LogP contribution in [0.3, 0.4) is 0 Å². The molecule has 3 N–H and O–H groups in total. The van der Waals surface area contributed by atoms with Gasteiger partial charge in [-0.2, -0.15) is 0 Å². The molecule has 0 aromatic heterocycles. The smallest absolute Gasteiger partial charge is 0.407 e. The van der Waals surface area contributed by atoms with Crippen LogP contribution in [0.15, 0.2) is 0 Å². The Kier molecular flexibility index (Phi) is 8.26. The summed E-state index contributed by atoms with van der Waals surface area (Å²) in [7, 11) is 0. The molecule has 0 radical (unpaired) electrons. The molecule has 0 saturated carbocycles. The molecule has 0 saturated heterocycles. The van der Waals surface area contributed by atoms with Crippen molar-refractivity contribution in [3.8, 4) is 0 Å². The number of aliphatic hydroxyl groups is 1. The summed E-state index contributed by atoms with van der Waals surface area (Å²) >= 11 is 0. The van der Waals surface area contributed by atoms with Gasteiger partial charge in [0.25, 0.3) is 0 Å². The Balaban J connectivity index is 4.36. The molecule has 21 heavy (non-hydrogen) atoms. The number of carbonyl (C=O) groups excluding carboxylic acids is 1. The third-order valence-electron chi connectivity index (χ3n) is 3.70. The maximum absolute atomic E-state index is 11.7. The van der Waals surface area contributed by atoms with E-state index in [4.69, 9.17) is 4.74 Å². The van der Waals surface area contributed by atoms with E-state index >= 15 is 0 Å². The van der Waals surface area contributed by atoms with E-state index in [1.165, 1.54) is 0 Å². The van der Waals surface area contributed by atoms with Crippen molar-refractivity contribution in [2.75, 3.05) is 19.7 Å². The standard InChI is InChI=1S/C16H34N2O3/c1-8-16(7,11-19)10-18-13(12(2)3)9-17-14(20)21-15(4,5)6/h12-13,18-19H,8-11H2,1-7H3,(H,17,20). The minimum absolute atomic E-state index is 0.126. The van der Waals surface area contributed by atoms with Gasteiger partial charge in [-0.3, -0.25) is 0 Å². The second kappa shape index (κ2) is 8.59. The highest BCUT2D eigenvalue weighted by Crippen LogP contribution is 2.19. The molecule has 0 rings (SSSR count). The lowest BCUT2D eigenvalue weighted by atomic mass is 9.88. The molecule has 0 aliphatic heterocycles. The van der Waals surface area contributed by atoms with Crippen molar-refractivity contribution in [1.29, 1.82) is 0 Å². The van der Waals surface area contributed by atoms with Crippen molar-refractivity contribution < 1.29 is 14.6 Å². The highest BCUT2D eigenvalue weighted by Gasteiger charge is 2.24. The monoisotopic (exact) mass is 302 g/mol. The van der Waals surface area contributed by atoms with Crippen LogP contribution in [0, 0.1) is 11.3 Å². The number of aliphatic hydroxyl groups excluding tert-OH is 1. The fourth-order valence-electron chi connectivity index (χ4n) is 1.72. The zero-order chi connectivity index (χ0) is 16.7. The minimum Gasteiger partial charge on any atom is -0.444 e. The number of hydrogen-bond acceptors (Lipinski definition) is 4. The first-order chi connectivity index (χ1) is 9.53. The highest BCUT2D eigenvalue weighted by molar-refractivity contribution is 5.67. The molecule has 2 atom stereocenters. The zero-order valence-electron chi connectivity index (χ0n) is 14.7. The van der Waals surface area contributed by atoms with E-state index in [2.05, 4.69) is 38.3 Å². The van der Waals surface area contributed by atoms with Gasteiger partial charge in [0, 0.05) is 31.2 Å². The maximum Gasteiger partial charge on any atom is 0.407 e. The first-order valence-electron chi connectivity index (χ1n) is 7.84. The summed E-state index contributed by atoms with van der Waals surface area (Å²) in [5.74, 6) is 0.375. The molecule has 0 bridgehead atoms. The summed E-state index contributed by atoms with van der Waals surface area (Å²) < 4.78 is 5.24. The minimum atomic E-state index is -0.484. The van der Waals surface area contributed by atoms with Crippen LogP contribution in [0.1, 0.15) is 54.9 Å². The van der Waals surface area contributed by atoms with Gasteiger partial charge in [0.05, 0.1) is 0 Å². The molecule has 0 aliphatic rings. The quantitative estimate of drug-likeness (QED) is 0.644. The van der Waals surface area contributed by atoms with Gasteiger partial charge in [-0.05, 0) is 33.1 Å². The Morgan fingerprint density at radius 3 is 2.19 bits per heavy atom. The molecule has 2 unspecified atom stereocenters. The number of alkyl carbamates (subject to hydrolysis) is 1. The average Bonchev–Trinajstić information content (AvgIpc) is 2.35. The molecule has 5 heteroatoms. The van der Waals surface area contributed by atoms with Crippen molar-refractivity contribution in [2.45, 2.75) is 66.5 Å². The van der Waals surface area contributed by atoms with Crippen LogP contribution in [-0.4, -0.2) is 42.5 Å². The maximum atomic E-state index is 11.7. The average molecular weight is 302 g/mol. The van der Waals surface area contributed by atoms with Crippen molar-refractivity contribution in [1.82, 2.24) is 10.6 Å². The molecule has 5 nitrogen and oxygen atoms in total. The normalized spacial score (nSPS) is 16.4. The molecular weight excluding hydrogens is 268 g/mol. The molecule has 126 valence electrons. The summed E-state index contributed by atoms with van der Waals surface area (Å²) in [6, 6.07) is 0.148. The van der Waals surface area contributed by atoms with E-state index in [0.717, 1.165) is 13.0 Å². The Morgan fingerprint density at radius 1 is 1.24 bits per heavy atom. The zero-order valence-corrected chi connectivity index (χ0v) is 14.7. The molecule has 0 fully saturated rings. The lowest BCUT2D eigenvalue weighted by Gasteiger charge is -2.31. The van der Waals surface area contributed by atoms with E-state index in [9.17, 15) is 9.90 Å². The van der Waals surface area contributed by atoms with Gasteiger partial charge in [-0.1, -0.05) is 27.7 Å². The van der Waals surface area contributed by atoms with Crippen LogP contribution in [-0.2, 0) is 4.74 Å².